The van der Waals surface area contributed by atoms with Crippen molar-refractivity contribution in [2.45, 2.75) is 13.3 Å². The molecular formula is C13H12O. The molecule has 0 saturated carbocycles. The molecule has 1 aromatic rings. The van der Waals surface area contributed by atoms with E-state index in [0.29, 0.717) is 6.42 Å². The first-order chi connectivity index (χ1) is 6.74. The SMILES string of the molecule is C#Cc1ccccc1C/C=C/C(C)=O. The second-order valence-electron chi connectivity index (χ2n) is 3.02. The number of hydrogen-bond donors (Lipinski definition) is 0. The maximum atomic E-state index is 10.7. The van der Waals surface area contributed by atoms with E-state index in [9.17, 15) is 4.79 Å². The summed E-state index contributed by atoms with van der Waals surface area (Å²) in [4.78, 5) is 10.7. The normalized spacial score (nSPS) is 10.0. The zero-order valence-electron chi connectivity index (χ0n) is 8.16. The van der Waals surface area contributed by atoms with Crippen LogP contribution in [0.25, 0.3) is 0 Å². The van der Waals surface area contributed by atoms with Crippen molar-refractivity contribution in [3.05, 3.63) is 47.5 Å². The van der Waals surface area contributed by atoms with Gasteiger partial charge in [-0.15, -0.1) is 6.42 Å². The van der Waals surface area contributed by atoms with Crippen LogP contribution in [0.2, 0.25) is 0 Å². The number of ketones is 1. The molecule has 0 N–H and O–H groups in total. The highest BCUT2D eigenvalue weighted by Crippen LogP contribution is 2.08. The molecule has 14 heavy (non-hydrogen) atoms. The van der Waals surface area contributed by atoms with Crippen LogP contribution in [0.3, 0.4) is 0 Å². The summed E-state index contributed by atoms with van der Waals surface area (Å²) in [6, 6.07) is 7.72. The summed E-state index contributed by atoms with van der Waals surface area (Å²) < 4.78 is 0. The molecule has 0 heterocycles. The Bertz CT molecular complexity index is 394. The van der Waals surface area contributed by atoms with E-state index < -0.39 is 0 Å². The second kappa shape index (κ2) is 5.04. The van der Waals surface area contributed by atoms with E-state index in [1.54, 1.807) is 6.08 Å². The molecule has 0 bridgehead atoms. The Morgan fingerprint density at radius 3 is 2.86 bits per heavy atom. The highest BCUT2D eigenvalue weighted by molar-refractivity contribution is 5.87. The lowest BCUT2D eigenvalue weighted by atomic mass is 10.0. The topological polar surface area (TPSA) is 17.1 Å². The van der Waals surface area contributed by atoms with E-state index in [1.165, 1.54) is 6.92 Å². The van der Waals surface area contributed by atoms with E-state index in [1.807, 2.05) is 30.3 Å². The van der Waals surface area contributed by atoms with Crippen LogP contribution >= 0.6 is 0 Å². The van der Waals surface area contributed by atoms with Gasteiger partial charge < -0.3 is 0 Å². The number of hydrogen-bond acceptors (Lipinski definition) is 1. The molecular weight excluding hydrogens is 172 g/mol. The van der Waals surface area contributed by atoms with Crippen LogP contribution in [-0.4, -0.2) is 5.78 Å². The monoisotopic (exact) mass is 184 g/mol. The second-order valence-corrected chi connectivity index (χ2v) is 3.02. The van der Waals surface area contributed by atoms with Gasteiger partial charge >= 0.3 is 0 Å². The Balaban J connectivity index is 2.77. The van der Waals surface area contributed by atoms with Gasteiger partial charge in [-0.1, -0.05) is 30.2 Å². The van der Waals surface area contributed by atoms with Crippen LogP contribution in [0, 0.1) is 12.3 Å². The first-order valence-electron chi connectivity index (χ1n) is 4.45. The van der Waals surface area contributed by atoms with Gasteiger partial charge in [0.05, 0.1) is 0 Å². The molecule has 0 atom stereocenters. The smallest absolute Gasteiger partial charge is 0.152 e. The summed E-state index contributed by atoms with van der Waals surface area (Å²) in [7, 11) is 0. The molecule has 1 heteroatoms. The summed E-state index contributed by atoms with van der Waals surface area (Å²) in [5, 5.41) is 0. The van der Waals surface area contributed by atoms with Gasteiger partial charge in [-0.2, -0.15) is 0 Å². The summed E-state index contributed by atoms with van der Waals surface area (Å²) in [5.41, 5.74) is 1.97. The third-order valence-electron chi connectivity index (χ3n) is 1.86. The van der Waals surface area contributed by atoms with Gasteiger partial charge in [0.15, 0.2) is 5.78 Å². The molecule has 1 nitrogen and oxygen atoms in total. The standard InChI is InChI=1S/C13H12O/c1-3-12-8-4-5-9-13(12)10-6-7-11(2)14/h1,4-9H,10H2,2H3/b7-6+. The van der Waals surface area contributed by atoms with Crippen molar-refractivity contribution in [1.29, 1.82) is 0 Å². The predicted molar refractivity (Wildman–Crippen MR) is 57.9 cm³/mol. The molecule has 0 aliphatic heterocycles. The summed E-state index contributed by atoms with van der Waals surface area (Å²) in [6.45, 7) is 1.53. The molecule has 0 aromatic heterocycles. The van der Waals surface area contributed by atoms with Crippen LogP contribution in [0.15, 0.2) is 36.4 Å². The third-order valence-corrected chi connectivity index (χ3v) is 1.86. The minimum atomic E-state index is 0.0585. The molecule has 0 unspecified atom stereocenters. The van der Waals surface area contributed by atoms with Gasteiger partial charge in [0.1, 0.15) is 0 Å². The Morgan fingerprint density at radius 2 is 2.21 bits per heavy atom. The molecule has 0 fully saturated rings. The van der Waals surface area contributed by atoms with E-state index in [4.69, 9.17) is 6.42 Å². The van der Waals surface area contributed by atoms with E-state index >= 15 is 0 Å². The fourth-order valence-corrected chi connectivity index (χ4v) is 1.19. The minimum Gasteiger partial charge on any atom is -0.295 e. The number of allylic oxidation sites excluding steroid dienone is 2. The zero-order chi connectivity index (χ0) is 10.4. The molecule has 0 spiro atoms. The van der Waals surface area contributed by atoms with Gasteiger partial charge in [-0.05, 0) is 31.1 Å². The van der Waals surface area contributed by atoms with Crippen LogP contribution in [0.1, 0.15) is 18.1 Å². The van der Waals surface area contributed by atoms with Crippen LogP contribution < -0.4 is 0 Å². The van der Waals surface area contributed by atoms with Gasteiger partial charge in [-0.25, -0.2) is 0 Å². The fraction of sp³-hybridized carbons (Fsp3) is 0.154. The Hall–Kier alpha value is -1.81. The quantitative estimate of drug-likeness (QED) is 0.520. The summed E-state index contributed by atoms with van der Waals surface area (Å²) >= 11 is 0. The van der Waals surface area contributed by atoms with Crippen molar-refractivity contribution in [2.24, 2.45) is 0 Å². The Labute approximate surface area is 84.5 Å². The van der Waals surface area contributed by atoms with Gasteiger partial charge in [-0.3, -0.25) is 4.79 Å². The largest absolute Gasteiger partial charge is 0.295 e. The number of terminal acetylenes is 1. The molecule has 1 aromatic carbocycles. The van der Waals surface area contributed by atoms with Crippen molar-refractivity contribution in [2.75, 3.05) is 0 Å². The highest BCUT2D eigenvalue weighted by atomic mass is 16.1. The van der Waals surface area contributed by atoms with Crippen molar-refractivity contribution in [3.63, 3.8) is 0 Å². The zero-order valence-corrected chi connectivity index (χ0v) is 8.16. The molecule has 1 rings (SSSR count). The maximum Gasteiger partial charge on any atom is 0.152 e. The average molecular weight is 184 g/mol. The Kier molecular flexibility index (Phi) is 3.69. The number of benzene rings is 1. The highest BCUT2D eigenvalue weighted by Gasteiger charge is 1.95. The van der Waals surface area contributed by atoms with Crippen molar-refractivity contribution in [1.82, 2.24) is 0 Å². The maximum absolute atomic E-state index is 10.7. The van der Waals surface area contributed by atoms with Gasteiger partial charge in [0.2, 0.25) is 0 Å². The van der Waals surface area contributed by atoms with Crippen molar-refractivity contribution >= 4 is 5.78 Å². The predicted octanol–water partition coefficient (Wildman–Crippen LogP) is 2.36. The number of carbonyl (C=O) groups is 1. The number of rotatable bonds is 3. The van der Waals surface area contributed by atoms with Crippen LogP contribution in [-0.2, 0) is 11.2 Å². The van der Waals surface area contributed by atoms with E-state index in [2.05, 4.69) is 5.92 Å². The van der Waals surface area contributed by atoms with Gasteiger partial charge in [0.25, 0.3) is 0 Å². The summed E-state index contributed by atoms with van der Waals surface area (Å²) in [5.74, 6) is 2.67. The van der Waals surface area contributed by atoms with Crippen molar-refractivity contribution in [3.8, 4) is 12.3 Å². The average Bonchev–Trinajstić information content (AvgIpc) is 2.18. The lowest BCUT2D eigenvalue weighted by Crippen LogP contribution is -1.88. The van der Waals surface area contributed by atoms with E-state index in [0.717, 1.165) is 11.1 Å². The van der Waals surface area contributed by atoms with Gasteiger partial charge in [0, 0.05) is 5.56 Å². The van der Waals surface area contributed by atoms with Crippen LogP contribution in [0.5, 0.6) is 0 Å². The van der Waals surface area contributed by atoms with Crippen LogP contribution in [0.4, 0.5) is 0 Å². The lowest BCUT2D eigenvalue weighted by Gasteiger charge is -1.99. The number of carbonyl (C=O) groups excluding carboxylic acids is 1. The molecule has 0 aliphatic rings. The lowest BCUT2D eigenvalue weighted by molar-refractivity contribution is -0.112. The molecule has 0 radical (unpaired) electrons. The first kappa shape index (κ1) is 10.3. The molecule has 0 aliphatic carbocycles. The minimum absolute atomic E-state index is 0.0585. The summed E-state index contributed by atoms with van der Waals surface area (Å²) in [6.07, 6.45) is 9.44. The molecule has 0 saturated heterocycles. The molecule has 0 amide bonds. The van der Waals surface area contributed by atoms with E-state index in [-0.39, 0.29) is 5.78 Å². The third kappa shape index (κ3) is 2.91. The molecule has 70 valence electrons. The Morgan fingerprint density at radius 1 is 1.50 bits per heavy atom. The fourth-order valence-electron chi connectivity index (χ4n) is 1.19. The first-order valence-corrected chi connectivity index (χ1v) is 4.45. The van der Waals surface area contributed by atoms with Crippen molar-refractivity contribution < 1.29 is 4.79 Å².